The van der Waals surface area contributed by atoms with Gasteiger partial charge in [-0.2, -0.15) is 5.10 Å². The Balaban J connectivity index is 1.70. The van der Waals surface area contributed by atoms with Crippen LogP contribution in [0.3, 0.4) is 0 Å². The summed E-state index contributed by atoms with van der Waals surface area (Å²) in [6, 6.07) is 1.25. The van der Waals surface area contributed by atoms with Crippen molar-refractivity contribution in [2.75, 3.05) is 18.4 Å². The van der Waals surface area contributed by atoms with E-state index in [1.165, 1.54) is 24.1 Å². The Kier molecular flexibility index (Phi) is 3.62. The minimum atomic E-state index is -0.0652. The molecule has 1 unspecified atom stereocenters. The molecule has 1 N–H and O–H groups in total. The quantitative estimate of drug-likeness (QED) is 0.914. The van der Waals surface area contributed by atoms with Crippen LogP contribution in [0.2, 0.25) is 0 Å². The molecule has 1 atom stereocenters. The molecule has 2 heterocycles. The van der Waals surface area contributed by atoms with Crippen molar-refractivity contribution in [3.8, 4) is 0 Å². The number of rotatable bonds is 4. The maximum Gasteiger partial charge on any atom is 0.283 e. The molecule has 0 amide bonds. The zero-order valence-corrected chi connectivity index (χ0v) is 12.7. The van der Waals surface area contributed by atoms with E-state index in [0.717, 1.165) is 24.7 Å². The predicted octanol–water partition coefficient (Wildman–Crippen LogP) is 1.67. The lowest BCUT2D eigenvalue weighted by molar-refractivity contribution is 0.326. The molecule has 104 valence electrons. The second kappa shape index (κ2) is 5.25. The summed E-state index contributed by atoms with van der Waals surface area (Å²) in [5, 5.41) is 7.61. The average Bonchev–Trinajstić information content (AvgIpc) is 3.16. The maximum absolute atomic E-state index is 12.0. The van der Waals surface area contributed by atoms with Crippen molar-refractivity contribution in [2.24, 2.45) is 0 Å². The third-order valence-corrected chi connectivity index (χ3v) is 4.69. The number of anilines is 1. The number of nitrogens with zero attached hydrogens (tertiary/aromatic N) is 3. The van der Waals surface area contributed by atoms with Gasteiger partial charge in [0.1, 0.15) is 4.47 Å². The van der Waals surface area contributed by atoms with E-state index in [-0.39, 0.29) is 5.56 Å². The van der Waals surface area contributed by atoms with Crippen LogP contribution < -0.4 is 10.9 Å². The molecular weight excluding hydrogens is 308 g/mol. The summed E-state index contributed by atoms with van der Waals surface area (Å²) >= 11 is 3.39. The molecule has 19 heavy (non-hydrogen) atoms. The van der Waals surface area contributed by atoms with Crippen molar-refractivity contribution in [1.82, 2.24) is 14.7 Å². The van der Waals surface area contributed by atoms with Gasteiger partial charge in [0.25, 0.3) is 5.56 Å². The second-order valence-electron chi connectivity index (χ2n) is 5.35. The molecule has 0 spiro atoms. The lowest BCUT2D eigenvalue weighted by Gasteiger charge is -2.17. The first-order valence-corrected chi connectivity index (χ1v) is 7.74. The van der Waals surface area contributed by atoms with Crippen molar-refractivity contribution >= 4 is 21.6 Å². The third-order valence-electron chi connectivity index (χ3n) is 3.93. The molecule has 1 aromatic rings. The monoisotopic (exact) mass is 326 g/mol. The second-order valence-corrected chi connectivity index (χ2v) is 6.14. The van der Waals surface area contributed by atoms with Gasteiger partial charge in [-0.15, -0.1) is 0 Å². The van der Waals surface area contributed by atoms with Crippen LogP contribution in [0.15, 0.2) is 15.5 Å². The highest BCUT2D eigenvalue weighted by atomic mass is 79.9. The maximum atomic E-state index is 12.0. The van der Waals surface area contributed by atoms with Gasteiger partial charge in [0.15, 0.2) is 0 Å². The van der Waals surface area contributed by atoms with E-state index in [9.17, 15) is 4.79 Å². The van der Waals surface area contributed by atoms with Crippen molar-refractivity contribution in [1.29, 1.82) is 0 Å². The summed E-state index contributed by atoms with van der Waals surface area (Å²) < 4.78 is 2.05. The van der Waals surface area contributed by atoms with Gasteiger partial charge in [-0.1, -0.05) is 0 Å². The number of aromatic nitrogens is 2. The zero-order chi connectivity index (χ0) is 13.4. The van der Waals surface area contributed by atoms with Crippen LogP contribution in [-0.2, 0) is 6.54 Å². The number of nitrogens with one attached hydrogen (secondary N) is 1. The molecule has 1 aliphatic heterocycles. The molecule has 2 fully saturated rings. The summed E-state index contributed by atoms with van der Waals surface area (Å²) in [7, 11) is 0. The highest BCUT2D eigenvalue weighted by molar-refractivity contribution is 9.10. The van der Waals surface area contributed by atoms with E-state index in [4.69, 9.17) is 0 Å². The minimum absolute atomic E-state index is 0.0652. The molecular formula is C13H19BrN4O. The molecule has 3 rings (SSSR count). The Hall–Kier alpha value is -0.880. The number of halogens is 1. The van der Waals surface area contributed by atoms with Crippen LogP contribution in [0.25, 0.3) is 0 Å². The van der Waals surface area contributed by atoms with E-state index < -0.39 is 0 Å². The fourth-order valence-electron chi connectivity index (χ4n) is 2.69. The fourth-order valence-corrected chi connectivity index (χ4v) is 3.11. The molecule has 1 saturated carbocycles. The molecule has 1 saturated heterocycles. The van der Waals surface area contributed by atoms with Crippen LogP contribution >= 0.6 is 15.9 Å². The molecule has 6 heteroatoms. The van der Waals surface area contributed by atoms with Crippen LogP contribution in [-0.4, -0.2) is 39.9 Å². The molecule has 1 aliphatic carbocycles. The van der Waals surface area contributed by atoms with E-state index >= 15 is 0 Å². The minimum Gasteiger partial charge on any atom is -0.379 e. The van der Waals surface area contributed by atoms with Crippen LogP contribution in [0.4, 0.5) is 5.69 Å². The Morgan fingerprint density at radius 3 is 2.95 bits per heavy atom. The smallest absolute Gasteiger partial charge is 0.283 e. The van der Waals surface area contributed by atoms with E-state index in [2.05, 4.69) is 31.2 Å². The Morgan fingerprint density at radius 1 is 1.47 bits per heavy atom. The Bertz CT molecular complexity index is 526. The highest BCUT2D eigenvalue weighted by Gasteiger charge is 2.34. The standard InChI is InChI=1S/C13H19BrN4O/c1-2-18-13(19)12(14)11(7-15-18)16-9-5-6-17(8-9)10-3-4-10/h7,9-10,16H,2-6,8H2,1H3. The number of aryl methyl sites for hydroxylation is 1. The number of hydrogen-bond donors (Lipinski definition) is 1. The summed E-state index contributed by atoms with van der Waals surface area (Å²) in [6.07, 6.45) is 5.59. The summed E-state index contributed by atoms with van der Waals surface area (Å²) in [6.45, 7) is 4.75. The molecule has 1 aromatic heterocycles. The molecule has 0 aromatic carbocycles. The SMILES string of the molecule is CCn1ncc(NC2CCN(C3CC3)C2)c(Br)c1=O. The number of likely N-dealkylation sites (tertiary alicyclic amines) is 1. The largest absolute Gasteiger partial charge is 0.379 e. The summed E-state index contributed by atoms with van der Waals surface area (Å²) in [4.78, 5) is 14.5. The van der Waals surface area contributed by atoms with Gasteiger partial charge in [0, 0.05) is 31.7 Å². The fraction of sp³-hybridized carbons (Fsp3) is 0.692. The average molecular weight is 327 g/mol. The first kappa shape index (κ1) is 13.1. The van der Waals surface area contributed by atoms with Crippen molar-refractivity contribution in [3.05, 3.63) is 21.0 Å². The Labute approximate surface area is 121 Å². The van der Waals surface area contributed by atoms with Gasteiger partial charge in [-0.3, -0.25) is 9.69 Å². The lowest BCUT2D eigenvalue weighted by Crippen LogP contribution is -2.29. The van der Waals surface area contributed by atoms with Crippen molar-refractivity contribution in [2.45, 2.75) is 44.8 Å². The van der Waals surface area contributed by atoms with Gasteiger partial charge in [-0.05, 0) is 42.1 Å². The topological polar surface area (TPSA) is 50.2 Å². The van der Waals surface area contributed by atoms with Crippen molar-refractivity contribution in [3.63, 3.8) is 0 Å². The van der Waals surface area contributed by atoms with Crippen LogP contribution in [0.1, 0.15) is 26.2 Å². The highest BCUT2D eigenvalue weighted by Crippen LogP contribution is 2.31. The van der Waals surface area contributed by atoms with E-state index in [1.54, 1.807) is 6.20 Å². The van der Waals surface area contributed by atoms with E-state index in [0.29, 0.717) is 17.1 Å². The van der Waals surface area contributed by atoms with Gasteiger partial charge in [0.2, 0.25) is 0 Å². The van der Waals surface area contributed by atoms with Crippen LogP contribution in [0, 0.1) is 0 Å². The molecule has 5 nitrogen and oxygen atoms in total. The first-order chi connectivity index (χ1) is 9.19. The normalized spacial score (nSPS) is 23.8. The third kappa shape index (κ3) is 2.69. The van der Waals surface area contributed by atoms with Crippen LogP contribution in [0.5, 0.6) is 0 Å². The van der Waals surface area contributed by atoms with Gasteiger partial charge in [-0.25, -0.2) is 4.68 Å². The predicted molar refractivity (Wildman–Crippen MR) is 78.5 cm³/mol. The summed E-state index contributed by atoms with van der Waals surface area (Å²) in [5.41, 5.74) is 0.752. The molecule has 0 bridgehead atoms. The first-order valence-electron chi connectivity index (χ1n) is 6.95. The molecule has 0 radical (unpaired) electrons. The van der Waals surface area contributed by atoms with Crippen molar-refractivity contribution < 1.29 is 0 Å². The Morgan fingerprint density at radius 2 is 2.26 bits per heavy atom. The lowest BCUT2D eigenvalue weighted by atomic mass is 10.2. The van der Waals surface area contributed by atoms with E-state index in [1.807, 2.05) is 6.92 Å². The van der Waals surface area contributed by atoms with Gasteiger partial charge < -0.3 is 5.32 Å². The van der Waals surface area contributed by atoms with Gasteiger partial charge >= 0.3 is 0 Å². The molecule has 2 aliphatic rings. The number of hydrogen-bond acceptors (Lipinski definition) is 4. The van der Waals surface area contributed by atoms with Gasteiger partial charge in [0.05, 0.1) is 11.9 Å². The zero-order valence-electron chi connectivity index (χ0n) is 11.1. The summed E-state index contributed by atoms with van der Waals surface area (Å²) in [5.74, 6) is 0.